The van der Waals surface area contributed by atoms with E-state index < -0.39 is 0 Å². The average molecular weight is 242 g/mol. The Labute approximate surface area is 99.2 Å². The molecule has 0 bridgehead atoms. The minimum absolute atomic E-state index is 0.0763. The van der Waals surface area contributed by atoms with Crippen molar-refractivity contribution in [3.8, 4) is 0 Å². The summed E-state index contributed by atoms with van der Waals surface area (Å²) in [6, 6.07) is 6.30. The van der Waals surface area contributed by atoms with E-state index in [4.69, 9.17) is 4.74 Å². The Hall–Kier alpha value is -0.870. The van der Waals surface area contributed by atoms with E-state index in [-0.39, 0.29) is 17.7 Å². The van der Waals surface area contributed by atoms with Gasteiger partial charge in [-0.2, -0.15) is 0 Å². The number of thioether (sulfide) groups is 1. The van der Waals surface area contributed by atoms with Crippen LogP contribution in [0.1, 0.15) is 13.3 Å². The highest BCUT2D eigenvalue weighted by Gasteiger charge is 2.10. The summed E-state index contributed by atoms with van der Waals surface area (Å²) in [4.78, 5) is 11.9. The lowest BCUT2D eigenvalue weighted by Crippen LogP contribution is -2.17. The van der Waals surface area contributed by atoms with Crippen molar-refractivity contribution in [2.24, 2.45) is 0 Å². The monoisotopic (exact) mass is 242 g/mol. The van der Waals surface area contributed by atoms with Gasteiger partial charge in [-0.15, -0.1) is 11.8 Å². The highest BCUT2D eigenvalue weighted by atomic mass is 32.2. The topological polar surface area (TPSA) is 26.3 Å². The first-order valence-corrected chi connectivity index (χ1v) is 6.01. The van der Waals surface area contributed by atoms with Crippen molar-refractivity contribution >= 4 is 17.5 Å². The van der Waals surface area contributed by atoms with Crippen molar-refractivity contribution in [2.45, 2.75) is 24.3 Å². The Morgan fingerprint density at radius 2 is 2.06 bits per heavy atom. The number of ketones is 1. The number of carbonyl (C=O) groups excluding carboxylic acids is 1. The van der Waals surface area contributed by atoms with Gasteiger partial charge in [0.05, 0.1) is 6.10 Å². The zero-order valence-corrected chi connectivity index (χ0v) is 10.2. The first kappa shape index (κ1) is 13.2. The molecule has 88 valence electrons. The van der Waals surface area contributed by atoms with E-state index in [1.807, 2.05) is 0 Å². The first-order valence-electron chi connectivity index (χ1n) is 5.02. The molecule has 0 saturated heterocycles. The summed E-state index contributed by atoms with van der Waals surface area (Å²) in [7, 11) is 1.60. The van der Waals surface area contributed by atoms with Gasteiger partial charge in [-0.25, -0.2) is 4.39 Å². The molecule has 0 saturated carbocycles. The lowest BCUT2D eigenvalue weighted by atomic mass is 10.2. The molecule has 1 unspecified atom stereocenters. The summed E-state index contributed by atoms with van der Waals surface area (Å²) < 4.78 is 17.8. The van der Waals surface area contributed by atoms with Crippen LogP contribution in [0.5, 0.6) is 0 Å². The second-order valence-corrected chi connectivity index (χ2v) is 4.62. The molecule has 0 heterocycles. The lowest BCUT2D eigenvalue weighted by molar-refractivity contribution is -0.119. The Kier molecular flexibility index (Phi) is 5.49. The van der Waals surface area contributed by atoms with Crippen LogP contribution in [0.4, 0.5) is 4.39 Å². The maximum atomic E-state index is 12.6. The fourth-order valence-corrected chi connectivity index (χ4v) is 2.21. The molecule has 0 radical (unpaired) electrons. The molecule has 4 heteroatoms. The molecule has 1 atom stereocenters. The van der Waals surface area contributed by atoms with Crippen LogP contribution >= 0.6 is 11.8 Å². The molecule has 0 N–H and O–H groups in total. The summed E-state index contributed by atoms with van der Waals surface area (Å²) in [5, 5.41) is 0. The molecule has 0 amide bonds. The summed E-state index contributed by atoms with van der Waals surface area (Å²) in [5.41, 5.74) is 0. The van der Waals surface area contributed by atoms with Gasteiger partial charge in [-0.05, 0) is 31.2 Å². The molecule has 1 rings (SSSR count). The van der Waals surface area contributed by atoms with Crippen LogP contribution in [0.3, 0.4) is 0 Å². The number of Topliss-reactive ketones (excluding diaryl/α,β-unsaturated/α-hetero) is 1. The molecular formula is C12H15FO2S. The number of carbonyl (C=O) groups is 1. The summed E-state index contributed by atoms with van der Waals surface area (Å²) in [5.74, 6) is 0.574. The maximum Gasteiger partial charge on any atom is 0.132 e. The number of benzene rings is 1. The smallest absolute Gasteiger partial charge is 0.132 e. The van der Waals surface area contributed by atoms with Gasteiger partial charge in [0.2, 0.25) is 0 Å². The third-order valence-corrected chi connectivity index (χ3v) is 3.24. The van der Waals surface area contributed by atoms with Gasteiger partial charge in [0.25, 0.3) is 0 Å². The van der Waals surface area contributed by atoms with E-state index in [0.717, 1.165) is 4.90 Å². The van der Waals surface area contributed by atoms with Crippen LogP contribution in [0.2, 0.25) is 0 Å². The number of halogens is 1. The number of hydrogen-bond acceptors (Lipinski definition) is 3. The lowest BCUT2D eigenvalue weighted by Gasteiger charge is -2.12. The van der Waals surface area contributed by atoms with Crippen molar-refractivity contribution in [3.05, 3.63) is 30.1 Å². The fourth-order valence-electron chi connectivity index (χ4n) is 1.25. The highest BCUT2D eigenvalue weighted by Crippen LogP contribution is 2.20. The molecular weight excluding hydrogens is 227 g/mol. The van der Waals surface area contributed by atoms with E-state index in [1.165, 1.54) is 12.1 Å². The molecule has 0 aromatic heterocycles. The third kappa shape index (κ3) is 4.77. The molecule has 0 aliphatic heterocycles. The van der Waals surface area contributed by atoms with E-state index >= 15 is 0 Å². The van der Waals surface area contributed by atoms with Gasteiger partial charge in [0, 0.05) is 24.2 Å². The summed E-state index contributed by atoms with van der Waals surface area (Å²) in [6.07, 6.45) is 0.345. The quantitative estimate of drug-likeness (QED) is 0.717. The van der Waals surface area contributed by atoms with Crippen LogP contribution in [-0.4, -0.2) is 24.7 Å². The van der Waals surface area contributed by atoms with Crippen LogP contribution in [-0.2, 0) is 9.53 Å². The standard InChI is InChI=1S/C12H15FO2S/c1-9(14)7-11(15-2)8-16-12-5-3-10(13)4-6-12/h3-6,11H,7-8H2,1-2H3. The van der Waals surface area contributed by atoms with E-state index in [0.29, 0.717) is 12.2 Å². The van der Waals surface area contributed by atoms with E-state index in [9.17, 15) is 9.18 Å². The summed E-state index contributed by atoms with van der Waals surface area (Å²) >= 11 is 1.56. The Morgan fingerprint density at radius 1 is 1.44 bits per heavy atom. The van der Waals surface area contributed by atoms with E-state index in [1.54, 1.807) is 37.9 Å². The zero-order valence-electron chi connectivity index (χ0n) is 9.40. The maximum absolute atomic E-state index is 12.6. The highest BCUT2D eigenvalue weighted by molar-refractivity contribution is 7.99. The predicted molar refractivity (Wildman–Crippen MR) is 63.2 cm³/mol. The molecule has 16 heavy (non-hydrogen) atoms. The largest absolute Gasteiger partial charge is 0.380 e. The molecule has 0 fully saturated rings. The second-order valence-electron chi connectivity index (χ2n) is 3.53. The van der Waals surface area contributed by atoms with E-state index in [2.05, 4.69) is 0 Å². The first-order chi connectivity index (χ1) is 7.61. The van der Waals surface area contributed by atoms with Gasteiger partial charge >= 0.3 is 0 Å². The number of ether oxygens (including phenoxy) is 1. The van der Waals surface area contributed by atoms with Gasteiger partial charge in [-0.1, -0.05) is 0 Å². The van der Waals surface area contributed by atoms with Gasteiger partial charge in [0.15, 0.2) is 0 Å². The molecule has 0 aliphatic carbocycles. The zero-order chi connectivity index (χ0) is 12.0. The Bertz CT molecular complexity index is 337. The van der Waals surface area contributed by atoms with Crippen molar-refractivity contribution in [1.82, 2.24) is 0 Å². The van der Waals surface area contributed by atoms with Crippen molar-refractivity contribution in [3.63, 3.8) is 0 Å². The average Bonchev–Trinajstić information content (AvgIpc) is 2.26. The number of methoxy groups -OCH3 is 1. The SMILES string of the molecule is COC(CSc1ccc(F)cc1)CC(C)=O. The van der Waals surface area contributed by atoms with Gasteiger partial charge in [-0.3, -0.25) is 4.79 Å². The predicted octanol–water partition coefficient (Wildman–Crippen LogP) is 2.91. The van der Waals surface area contributed by atoms with Crippen molar-refractivity contribution < 1.29 is 13.9 Å². The van der Waals surface area contributed by atoms with Crippen molar-refractivity contribution in [1.29, 1.82) is 0 Å². The molecule has 0 aliphatic rings. The van der Waals surface area contributed by atoms with Gasteiger partial charge < -0.3 is 4.74 Å². The Balaban J connectivity index is 2.43. The van der Waals surface area contributed by atoms with Crippen LogP contribution < -0.4 is 0 Å². The second kappa shape index (κ2) is 6.66. The normalized spacial score (nSPS) is 12.4. The van der Waals surface area contributed by atoms with Crippen LogP contribution in [0.25, 0.3) is 0 Å². The minimum Gasteiger partial charge on any atom is -0.380 e. The van der Waals surface area contributed by atoms with Crippen LogP contribution in [0, 0.1) is 5.82 Å². The molecule has 0 spiro atoms. The van der Waals surface area contributed by atoms with Gasteiger partial charge in [0.1, 0.15) is 11.6 Å². The van der Waals surface area contributed by atoms with Crippen LogP contribution in [0.15, 0.2) is 29.2 Å². The Morgan fingerprint density at radius 3 is 2.56 bits per heavy atom. The summed E-state index contributed by atoms with van der Waals surface area (Å²) in [6.45, 7) is 1.55. The fraction of sp³-hybridized carbons (Fsp3) is 0.417. The molecule has 1 aromatic carbocycles. The van der Waals surface area contributed by atoms with Crippen molar-refractivity contribution in [2.75, 3.05) is 12.9 Å². The number of hydrogen-bond donors (Lipinski definition) is 0. The molecule has 2 nitrogen and oxygen atoms in total. The molecule has 1 aromatic rings. The third-order valence-electron chi connectivity index (χ3n) is 2.10. The number of rotatable bonds is 6. The minimum atomic E-state index is -0.239.